The van der Waals surface area contributed by atoms with Gasteiger partial charge in [0, 0.05) is 6.42 Å². The van der Waals surface area contributed by atoms with Crippen molar-refractivity contribution in [3.63, 3.8) is 0 Å². The number of aryl methyl sites for hydroxylation is 1. The largest absolute Gasteiger partial charge is 0.494 e. The lowest BCUT2D eigenvalue weighted by molar-refractivity contribution is 0.178. The van der Waals surface area contributed by atoms with Crippen molar-refractivity contribution < 1.29 is 9.84 Å². The Morgan fingerprint density at radius 1 is 1.10 bits per heavy atom. The van der Waals surface area contributed by atoms with Crippen molar-refractivity contribution in [1.82, 2.24) is 0 Å². The molecule has 2 aromatic rings. The molecule has 0 aliphatic rings. The summed E-state index contributed by atoms with van der Waals surface area (Å²) in [6, 6.07) is 16.0. The van der Waals surface area contributed by atoms with Crippen LogP contribution >= 0.6 is 0 Å². The van der Waals surface area contributed by atoms with E-state index in [0.717, 1.165) is 23.3 Å². The zero-order valence-electron chi connectivity index (χ0n) is 12.2. The Hall–Kier alpha value is -1.80. The highest BCUT2D eigenvalue weighted by atomic mass is 16.5. The van der Waals surface area contributed by atoms with Crippen LogP contribution in [0.5, 0.6) is 5.75 Å². The van der Waals surface area contributed by atoms with E-state index in [1.807, 2.05) is 24.3 Å². The molecule has 0 radical (unpaired) electrons. The summed E-state index contributed by atoms with van der Waals surface area (Å²) in [5.74, 6) is 0.826. The second-order valence-corrected chi connectivity index (χ2v) is 5.13. The fraction of sp³-hybridized carbons (Fsp3) is 0.333. The molecule has 0 bridgehead atoms. The molecule has 1 atom stereocenters. The number of aliphatic hydroxyl groups excluding tert-OH is 1. The SMILES string of the molecule is CCCOc1cccc(C(O)Cc2ccc(C)cc2)c1. The van der Waals surface area contributed by atoms with E-state index in [9.17, 15) is 5.11 Å². The molecule has 1 N–H and O–H groups in total. The van der Waals surface area contributed by atoms with Crippen molar-refractivity contribution in [2.45, 2.75) is 32.8 Å². The Morgan fingerprint density at radius 2 is 1.85 bits per heavy atom. The van der Waals surface area contributed by atoms with Gasteiger partial charge in [0.05, 0.1) is 12.7 Å². The minimum absolute atomic E-state index is 0.497. The van der Waals surface area contributed by atoms with E-state index in [2.05, 4.69) is 38.1 Å². The van der Waals surface area contributed by atoms with Gasteiger partial charge in [-0.3, -0.25) is 0 Å². The van der Waals surface area contributed by atoms with Crippen molar-refractivity contribution in [3.05, 3.63) is 65.2 Å². The van der Waals surface area contributed by atoms with Crippen LogP contribution in [-0.4, -0.2) is 11.7 Å². The second kappa shape index (κ2) is 7.11. The smallest absolute Gasteiger partial charge is 0.119 e. The fourth-order valence-corrected chi connectivity index (χ4v) is 2.10. The van der Waals surface area contributed by atoms with Crippen LogP contribution in [0.15, 0.2) is 48.5 Å². The van der Waals surface area contributed by atoms with E-state index in [-0.39, 0.29) is 0 Å². The van der Waals surface area contributed by atoms with Crippen molar-refractivity contribution in [2.24, 2.45) is 0 Å². The summed E-state index contributed by atoms with van der Waals surface area (Å²) < 4.78 is 5.60. The second-order valence-electron chi connectivity index (χ2n) is 5.13. The summed E-state index contributed by atoms with van der Waals surface area (Å²) in [4.78, 5) is 0. The molecule has 0 spiro atoms. The average Bonchev–Trinajstić information content (AvgIpc) is 2.48. The lowest BCUT2D eigenvalue weighted by atomic mass is 10.0. The van der Waals surface area contributed by atoms with E-state index in [4.69, 9.17) is 4.74 Å². The van der Waals surface area contributed by atoms with Gasteiger partial charge in [-0.15, -0.1) is 0 Å². The van der Waals surface area contributed by atoms with Crippen LogP contribution in [0, 0.1) is 6.92 Å². The first-order chi connectivity index (χ1) is 9.69. The summed E-state index contributed by atoms with van der Waals surface area (Å²) in [6.07, 6.45) is 1.11. The lowest BCUT2D eigenvalue weighted by Crippen LogP contribution is -2.03. The predicted octanol–water partition coefficient (Wildman–Crippen LogP) is 4.06. The number of hydrogen-bond donors (Lipinski definition) is 1. The Morgan fingerprint density at radius 3 is 2.55 bits per heavy atom. The van der Waals surface area contributed by atoms with Gasteiger partial charge in [0.15, 0.2) is 0 Å². The normalized spacial score (nSPS) is 12.2. The summed E-state index contributed by atoms with van der Waals surface area (Å²) in [7, 11) is 0. The van der Waals surface area contributed by atoms with Crippen molar-refractivity contribution >= 4 is 0 Å². The predicted molar refractivity (Wildman–Crippen MR) is 82.1 cm³/mol. The van der Waals surface area contributed by atoms with Crippen LogP contribution in [0.3, 0.4) is 0 Å². The first kappa shape index (κ1) is 14.6. The Kier molecular flexibility index (Phi) is 5.19. The first-order valence-corrected chi connectivity index (χ1v) is 7.15. The molecule has 2 aromatic carbocycles. The molecule has 0 aliphatic carbocycles. The van der Waals surface area contributed by atoms with E-state index in [1.165, 1.54) is 5.56 Å². The molecule has 2 rings (SSSR count). The van der Waals surface area contributed by atoms with Gasteiger partial charge < -0.3 is 9.84 Å². The van der Waals surface area contributed by atoms with Crippen LogP contribution in [0.2, 0.25) is 0 Å². The summed E-state index contributed by atoms with van der Waals surface area (Å²) in [6.45, 7) is 4.85. The summed E-state index contributed by atoms with van der Waals surface area (Å²) >= 11 is 0. The van der Waals surface area contributed by atoms with Crippen molar-refractivity contribution in [3.8, 4) is 5.75 Å². The van der Waals surface area contributed by atoms with E-state index in [0.29, 0.717) is 13.0 Å². The average molecular weight is 270 g/mol. The maximum Gasteiger partial charge on any atom is 0.119 e. The number of hydrogen-bond acceptors (Lipinski definition) is 2. The monoisotopic (exact) mass is 270 g/mol. The highest BCUT2D eigenvalue weighted by Crippen LogP contribution is 2.22. The Bertz CT molecular complexity index is 531. The van der Waals surface area contributed by atoms with Crippen LogP contribution in [-0.2, 0) is 6.42 Å². The molecule has 0 aliphatic heterocycles. The minimum Gasteiger partial charge on any atom is -0.494 e. The van der Waals surface area contributed by atoms with Gasteiger partial charge in [0.1, 0.15) is 5.75 Å². The first-order valence-electron chi connectivity index (χ1n) is 7.15. The molecule has 0 aromatic heterocycles. The quantitative estimate of drug-likeness (QED) is 0.857. The molecular formula is C18H22O2. The standard InChI is InChI=1S/C18H22O2/c1-3-11-20-17-6-4-5-16(13-17)18(19)12-15-9-7-14(2)8-10-15/h4-10,13,18-19H,3,11-12H2,1-2H3. The van der Waals surface area contributed by atoms with Gasteiger partial charge >= 0.3 is 0 Å². The molecule has 0 heterocycles. The van der Waals surface area contributed by atoms with E-state index >= 15 is 0 Å². The number of benzene rings is 2. The summed E-state index contributed by atoms with van der Waals surface area (Å²) in [5.41, 5.74) is 3.28. The van der Waals surface area contributed by atoms with E-state index in [1.54, 1.807) is 0 Å². The molecule has 0 fully saturated rings. The molecule has 2 nitrogen and oxygen atoms in total. The van der Waals surface area contributed by atoms with Crippen molar-refractivity contribution in [1.29, 1.82) is 0 Å². The Labute approximate surface area is 121 Å². The topological polar surface area (TPSA) is 29.5 Å². The Balaban J connectivity index is 2.04. The van der Waals surface area contributed by atoms with Gasteiger partial charge in [0.25, 0.3) is 0 Å². The third-order valence-electron chi connectivity index (χ3n) is 3.27. The number of aliphatic hydroxyl groups is 1. The maximum atomic E-state index is 10.3. The molecule has 20 heavy (non-hydrogen) atoms. The minimum atomic E-state index is -0.497. The highest BCUT2D eigenvalue weighted by Gasteiger charge is 2.09. The van der Waals surface area contributed by atoms with Crippen LogP contribution < -0.4 is 4.74 Å². The number of rotatable bonds is 6. The molecular weight excluding hydrogens is 248 g/mol. The van der Waals surface area contributed by atoms with E-state index < -0.39 is 6.10 Å². The van der Waals surface area contributed by atoms with Crippen LogP contribution in [0.25, 0.3) is 0 Å². The van der Waals surface area contributed by atoms with Gasteiger partial charge in [-0.25, -0.2) is 0 Å². The van der Waals surface area contributed by atoms with Crippen LogP contribution in [0.1, 0.15) is 36.1 Å². The molecule has 2 heteroatoms. The zero-order valence-corrected chi connectivity index (χ0v) is 12.2. The molecule has 0 saturated carbocycles. The van der Waals surface area contributed by atoms with Gasteiger partial charge in [-0.05, 0) is 36.6 Å². The molecule has 1 unspecified atom stereocenters. The van der Waals surface area contributed by atoms with Gasteiger partial charge in [0.2, 0.25) is 0 Å². The molecule has 0 saturated heterocycles. The fourth-order valence-electron chi connectivity index (χ4n) is 2.10. The van der Waals surface area contributed by atoms with Gasteiger partial charge in [-0.1, -0.05) is 48.9 Å². The molecule has 0 amide bonds. The van der Waals surface area contributed by atoms with Gasteiger partial charge in [-0.2, -0.15) is 0 Å². The maximum absolute atomic E-state index is 10.3. The highest BCUT2D eigenvalue weighted by molar-refractivity contribution is 5.31. The summed E-state index contributed by atoms with van der Waals surface area (Å²) in [5, 5.41) is 10.3. The third kappa shape index (κ3) is 4.10. The van der Waals surface area contributed by atoms with Crippen LogP contribution in [0.4, 0.5) is 0 Å². The lowest BCUT2D eigenvalue weighted by Gasteiger charge is -2.13. The zero-order chi connectivity index (χ0) is 14.4. The number of ether oxygens (including phenoxy) is 1. The van der Waals surface area contributed by atoms with Crippen molar-refractivity contribution in [2.75, 3.05) is 6.61 Å². The third-order valence-corrected chi connectivity index (χ3v) is 3.27. The molecule has 106 valence electrons.